The number of rotatable bonds is 5. The lowest BCUT2D eigenvalue weighted by atomic mass is 10.0. The molecule has 0 saturated carbocycles. The number of nitrogens with one attached hydrogen (secondary N) is 1. The molecule has 2 unspecified atom stereocenters. The van der Waals surface area contributed by atoms with Crippen molar-refractivity contribution in [2.45, 2.75) is 24.3 Å². The Kier molecular flexibility index (Phi) is 5.40. The molecular weight excluding hydrogens is 306 g/mol. The van der Waals surface area contributed by atoms with Crippen LogP contribution in [-0.4, -0.2) is 50.4 Å². The van der Waals surface area contributed by atoms with Crippen molar-refractivity contribution in [3.8, 4) is 0 Å². The minimum Gasteiger partial charge on any atom is -0.396 e. The van der Waals surface area contributed by atoms with Crippen LogP contribution in [0.3, 0.4) is 0 Å². The molecular formula is C14H23N3O2S2. The summed E-state index contributed by atoms with van der Waals surface area (Å²) >= 11 is 3.02. The van der Waals surface area contributed by atoms with Crippen LogP contribution < -0.4 is 11.1 Å². The minimum absolute atomic E-state index is 0.0431. The molecule has 1 aromatic rings. The standard InChI is InChI=1S/C14H23N3O2S2/c1-8-9(5-6-19-8)7-16-13-11(20-4)10(15)12(21-13)14(18)17(2)3/h8-9,16H,5-7,15H2,1-4H3. The van der Waals surface area contributed by atoms with Crippen LogP contribution in [0.5, 0.6) is 0 Å². The minimum atomic E-state index is -0.0431. The Bertz CT molecular complexity index is 517. The van der Waals surface area contributed by atoms with E-state index in [2.05, 4.69) is 12.2 Å². The number of anilines is 2. The number of ether oxygens (including phenoxy) is 1. The summed E-state index contributed by atoms with van der Waals surface area (Å²) in [5.41, 5.74) is 6.73. The number of nitrogens with zero attached hydrogens (tertiary/aromatic N) is 1. The van der Waals surface area contributed by atoms with Crippen molar-refractivity contribution < 1.29 is 9.53 Å². The van der Waals surface area contributed by atoms with Gasteiger partial charge in [-0.25, -0.2) is 0 Å². The number of carbonyl (C=O) groups excluding carboxylic acids is 1. The molecule has 1 fully saturated rings. The van der Waals surface area contributed by atoms with E-state index >= 15 is 0 Å². The Balaban J connectivity index is 2.15. The molecule has 1 amide bonds. The van der Waals surface area contributed by atoms with E-state index in [0.29, 0.717) is 16.5 Å². The molecule has 118 valence electrons. The normalized spacial score (nSPS) is 21.5. The van der Waals surface area contributed by atoms with E-state index < -0.39 is 0 Å². The molecule has 0 aliphatic carbocycles. The second-order valence-electron chi connectivity index (χ2n) is 5.41. The second kappa shape index (κ2) is 6.89. The van der Waals surface area contributed by atoms with E-state index in [0.717, 1.165) is 29.5 Å². The topological polar surface area (TPSA) is 67.6 Å². The summed E-state index contributed by atoms with van der Waals surface area (Å²) in [6.07, 6.45) is 3.34. The van der Waals surface area contributed by atoms with Crippen molar-refractivity contribution in [3.63, 3.8) is 0 Å². The van der Waals surface area contributed by atoms with Crippen LogP contribution in [0.25, 0.3) is 0 Å². The molecule has 1 aliphatic heterocycles. The molecule has 0 spiro atoms. The second-order valence-corrected chi connectivity index (χ2v) is 7.25. The van der Waals surface area contributed by atoms with E-state index in [-0.39, 0.29) is 12.0 Å². The van der Waals surface area contributed by atoms with Gasteiger partial charge < -0.3 is 20.7 Å². The van der Waals surface area contributed by atoms with E-state index in [4.69, 9.17) is 10.5 Å². The highest BCUT2D eigenvalue weighted by atomic mass is 32.2. The molecule has 7 heteroatoms. The fourth-order valence-electron chi connectivity index (χ4n) is 2.38. The highest BCUT2D eigenvalue weighted by Gasteiger charge is 2.26. The van der Waals surface area contributed by atoms with Crippen LogP contribution in [0.15, 0.2) is 4.90 Å². The summed E-state index contributed by atoms with van der Waals surface area (Å²) in [6, 6.07) is 0. The molecule has 0 bridgehead atoms. The monoisotopic (exact) mass is 329 g/mol. The lowest BCUT2D eigenvalue weighted by molar-refractivity contribution is 0.0833. The van der Waals surface area contributed by atoms with Gasteiger partial charge in [0.2, 0.25) is 0 Å². The average Bonchev–Trinajstić information content (AvgIpc) is 2.99. The van der Waals surface area contributed by atoms with Crippen molar-refractivity contribution >= 4 is 39.7 Å². The van der Waals surface area contributed by atoms with E-state index in [1.165, 1.54) is 11.3 Å². The molecule has 1 aromatic heterocycles. The molecule has 1 saturated heterocycles. The SMILES string of the molecule is CSc1c(NCC2CCOC2C)sc(C(=O)N(C)C)c1N. The first-order chi connectivity index (χ1) is 9.95. The average molecular weight is 329 g/mol. The van der Waals surface area contributed by atoms with Crippen molar-refractivity contribution in [2.75, 3.05) is 44.6 Å². The smallest absolute Gasteiger partial charge is 0.265 e. The first-order valence-electron chi connectivity index (χ1n) is 6.99. The van der Waals surface area contributed by atoms with Crippen LogP contribution in [-0.2, 0) is 4.74 Å². The largest absolute Gasteiger partial charge is 0.396 e. The third-order valence-electron chi connectivity index (χ3n) is 3.76. The number of thiophene rings is 1. The molecule has 3 N–H and O–H groups in total. The summed E-state index contributed by atoms with van der Waals surface area (Å²) < 4.78 is 5.58. The van der Waals surface area contributed by atoms with Gasteiger partial charge in [0.1, 0.15) is 9.88 Å². The number of nitrogens with two attached hydrogens (primary N) is 1. The van der Waals surface area contributed by atoms with Crippen LogP contribution in [0, 0.1) is 5.92 Å². The molecule has 1 aliphatic rings. The number of thioether (sulfide) groups is 1. The number of amides is 1. The Morgan fingerprint density at radius 1 is 1.57 bits per heavy atom. The van der Waals surface area contributed by atoms with Gasteiger partial charge in [-0.05, 0) is 19.6 Å². The summed E-state index contributed by atoms with van der Waals surface area (Å²) in [4.78, 5) is 15.3. The van der Waals surface area contributed by atoms with Gasteiger partial charge in [0, 0.05) is 33.2 Å². The first kappa shape index (κ1) is 16.5. The lowest BCUT2D eigenvalue weighted by Gasteiger charge is -2.15. The number of carbonyl (C=O) groups is 1. The molecule has 2 atom stereocenters. The van der Waals surface area contributed by atoms with Crippen LogP contribution >= 0.6 is 23.1 Å². The maximum atomic E-state index is 12.2. The summed E-state index contributed by atoms with van der Waals surface area (Å²) in [6.45, 7) is 3.79. The summed E-state index contributed by atoms with van der Waals surface area (Å²) in [7, 11) is 3.48. The van der Waals surface area contributed by atoms with Crippen LogP contribution in [0.2, 0.25) is 0 Å². The number of hydrogen-bond acceptors (Lipinski definition) is 6. The van der Waals surface area contributed by atoms with Crippen molar-refractivity contribution in [2.24, 2.45) is 5.92 Å². The van der Waals surface area contributed by atoms with Gasteiger partial charge >= 0.3 is 0 Å². The molecule has 2 heterocycles. The maximum absolute atomic E-state index is 12.2. The Labute approximate surface area is 134 Å². The Hall–Kier alpha value is -0.920. The quantitative estimate of drug-likeness (QED) is 0.813. The summed E-state index contributed by atoms with van der Waals surface area (Å²) in [5.74, 6) is 0.467. The van der Waals surface area contributed by atoms with E-state index in [9.17, 15) is 4.79 Å². The Morgan fingerprint density at radius 2 is 2.29 bits per heavy atom. The zero-order valence-corrected chi connectivity index (χ0v) is 14.6. The van der Waals surface area contributed by atoms with E-state index in [1.54, 1.807) is 30.8 Å². The predicted octanol–water partition coefficient (Wildman–Crippen LogP) is 2.59. The van der Waals surface area contributed by atoms with Crippen molar-refractivity contribution in [1.29, 1.82) is 0 Å². The highest BCUT2D eigenvalue weighted by molar-refractivity contribution is 7.99. The van der Waals surface area contributed by atoms with Gasteiger partial charge in [-0.2, -0.15) is 0 Å². The van der Waals surface area contributed by atoms with E-state index in [1.807, 2.05) is 6.26 Å². The predicted molar refractivity (Wildman–Crippen MR) is 90.5 cm³/mol. The van der Waals surface area contributed by atoms with Crippen molar-refractivity contribution in [3.05, 3.63) is 4.88 Å². The van der Waals surface area contributed by atoms with Gasteiger partial charge in [0.05, 0.1) is 16.7 Å². The zero-order valence-electron chi connectivity index (χ0n) is 12.9. The molecule has 21 heavy (non-hydrogen) atoms. The Morgan fingerprint density at radius 3 is 2.81 bits per heavy atom. The van der Waals surface area contributed by atoms with Gasteiger partial charge in [-0.3, -0.25) is 4.79 Å². The number of nitrogen functional groups attached to an aromatic ring is 1. The molecule has 0 radical (unpaired) electrons. The van der Waals surface area contributed by atoms with Gasteiger partial charge in [-0.1, -0.05) is 0 Å². The van der Waals surface area contributed by atoms with Gasteiger partial charge in [0.15, 0.2) is 0 Å². The summed E-state index contributed by atoms with van der Waals surface area (Å²) in [5, 5.41) is 4.45. The lowest BCUT2D eigenvalue weighted by Crippen LogP contribution is -2.21. The van der Waals surface area contributed by atoms with Crippen LogP contribution in [0.1, 0.15) is 23.0 Å². The zero-order chi connectivity index (χ0) is 15.6. The number of hydrogen-bond donors (Lipinski definition) is 2. The highest BCUT2D eigenvalue weighted by Crippen LogP contribution is 2.42. The first-order valence-corrected chi connectivity index (χ1v) is 9.03. The molecule has 0 aromatic carbocycles. The van der Waals surface area contributed by atoms with Crippen molar-refractivity contribution in [1.82, 2.24) is 4.90 Å². The molecule has 5 nitrogen and oxygen atoms in total. The fourth-order valence-corrected chi connectivity index (χ4v) is 4.44. The third-order valence-corrected chi connectivity index (χ3v) is 5.87. The molecule has 2 rings (SSSR count). The fraction of sp³-hybridized carbons (Fsp3) is 0.643. The van der Waals surface area contributed by atoms with Gasteiger partial charge in [-0.15, -0.1) is 23.1 Å². The van der Waals surface area contributed by atoms with Gasteiger partial charge in [0.25, 0.3) is 5.91 Å². The third kappa shape index (κ3) is 3.46. The maximum Gasteiger partial charge on any atom is 0.265 e. The van der Waals surface area contributed by atoms with Crippen LogP contribution in [0.4, 0.5) is 10.7 Å².